The number of hydrogen-bond acceptors (Lipinski definition) is 3. The topological polar surface area (TPSA) is 113 Å². The number of anilines is 1. The van der Waals surface area contributed by atoms with Gasteiger partial charge in [0, 0.05) is 5.69 Å². The molecule has 0 spiro atoms. The number of hydrogen-bond donors (Lipinski definition) is 3. The summed E-state index contributed by atoms with van der Waals surface area (Å²) in [5.74, 6) is -1.50. The molecule has 0 aliphatic heterocycles. The van der Waals surface area contributed by atoms with E-state index in [1.54, 1.807) is 17.4 Å². The second-order valence-corrected chi connectivity index (χ2v) is 5.84. The summed E-state index contributed by atoms with van der Waals surface area (Å²) in [5, 5.41) is 15.6. The highest BCUT2D eigenvalue weighted by atomic mass is 16.4. The van der Waals surface area contributed by atoms with Gasteiger partial charge in [-0.05, 0) is 44.7 Å². The van der Waals surface area contributed by atoms with E-state index in [2.05, 4.69) is 11.1 Å². The predicted octanol–water partition coefficient (Wildman–Crippen LogP) is -1.19. The minimum atomic E-state index is -1.19. The van der Waals surface area contributed by atoms with Crippen molar-refractivity contribution in [3.8, 4) is 0 Å². The van der Waals surface area contributed by atoms with Gasteiger partial charge in [0.15, 0.2) is 0 Å². The van der Waals surface area contributed by atoms with Crippen molar-refractivity contribution < 1.29 is 25.7 Å². The van der Waals surface area contributed by atoms with Gasteiger partial charge in [-0.25, -0.2) is 0 Å². The van der Waals surface area contributed by atoms with E-state index in [4.69, 9.17) is 0 Å². The van der Waals surface area contributed by atoms with Gasteiger partial charge in [-0.2, -0.15) is 0 Å². The van der Waals surface area contributed by atoms with Crippen LogP contribution in [0.2, 0.25) is 0 Å². The maximum atomic E-state index is 12.0. The normalized spacial score (nSPS) is 11.9. The minimum Gasteiger partial charge on any atom is -0.544 e. The fourth-order valence-electron chi connectivity index (χ4n) is 2.31. The van der Waals surface area contributed by atoms with Crippen LogP contribution in [-0.2, 0) is 9.59 Å². The van der Waals surface area contributed by atoms with Crippen molar-refractivity contribution in [1.29, 1.82) is 0 Å². The molecule has 1 aromatic rings. The van der Waals surface area contributed by atoms with E-state index in [-0.39, 0.29) is 12.3 Å². The molecule has 0 bridgehead atoms. The standard InChI is InChI=1S/C17H27N3O3/c1-13-6-8-14(9-7-13)20-16(21)12-15(17(22)23)19-11-5-3-2-4-10-18/h6-9,15,19H,2-5,10-12,18H2,1H3,(H,20,21)(H,22,23)/p+1/t15-/m0/s1. The van der Waals surface area contributed by atoms with Gasteiger partial charge >= 0.3 is 0 Å². The van der Waals surface area contributed by atoms with Crippen LogP contribution in [0.25, 0.3) is 0 Å². The Kier molecular flexibility index (Phi) is 8.94. The van der Waals surface area contributed by atoms with E-state index >= 15 is 0 Å². The average Bonchev–Trinajstić information content (AvgIpc) is 2.51. The fourth-order valence-corrected chi connectivity index (χ4v) is 2.31. The molecule has 1 aromatic carbocycles. The van der Waals surface area contributed by atoms with Gasteiger partial charge in [0.25, 0.3) is 0 Å². The minimum absolute atomic E-state index is 0.0882. The van der Waals surface area contributed by atoms with Gasteiger partial charge in [0.05, 0.1) is 25.5 Å². The van der Waals surface area contributed by atoms with Crippen molar-refractivity contribution in [3.05, 3.63) is 29.8 Å². The molecule has 128 valence electrons. The molecule has 0 radical (unpaired) electrons. The van der Waals surface area contributed by atoms with Crippen LogP contribution in [-0.4, -0.2) is 31.0 Å². The fraction of sp³-hybridized carbons (Fsp3) is 0.529. The van der Waals surface area contributed by atoms with Crippen molar-refractivity contribution in [2.75, 3.05) is 18.4 Å². The molecule has 6 heteroatoms. The van der Waals surface area contributed by atoms with Gasteiger partial charge in [0.1, 0.15) is 6.04 Å². The van der Waals surface area contributed by atoms with Crippen LogP contribution in [0, 0.1) is 6.92 Å². The number of aliphatic carboxylic acids is 1. The first kappa shape index (κ1) is 19.1. The summed E-state index contributed by atoms with van der Waals surface area (Å²) in [6.07, 6.45) is 4.11. The molecule has 0 aliphatic rings. The lowest BCUT2D eigenvalue weighted by atomic mass is 10.1. The Morgan fingerprint density at radius 3 is 2.43 bits per heavy atom. The van der Waals surface area contributed by atoms with E-state index < -0.39 is 12.0 Å². The largest absolute Gasteiger partial charge is 0.544 e. The Labute approximate surface area is 137 Å². The summed E-state index contributed by atoms with van der Waals surface area (Å²) in [4.78, 5) is 23.1. The number of benzene rings is 1. The third kappa shape index (κ3) is 8.32. The van der Waals surface area contributed by atoms with Crippen LogP contribution in [0.4, 0.5) is 5.69 Å². The number of quaternary nitrogens is 2. The van der Waals surface area contributed by atoms with Gasteiger partial charge in [-0.3, -0.25) is 4.79 Å². The van der Waals surface area contributed by atoms with Crippen molar-refractivity contribution >= 4 is 17.6 Å². The maximum absolute atomic E-state index is 12.0. The van der Waals surface area contributed by atoms with Gasteiger partial charge in [-0.1, -0.05) is 17.7 Å². The second-order valence-electron chi connectivity index (χ2n) is 5.84. The van der Waals surface area contributed by atoms with Crippen LogP contribution < -0.4 is 21.5 Å². The quantitative estimate of drug-likeness (QED) is 0.445. The zero-order valence-electron chi connectivity index (χ0n) is 13.8. The highest BCUT2D eigenvalue weighted by molar-refractivity contribution is 5.93. The molecular formula is C17H28N3O3+. The third-order valence-electron chi connectivity index (χ3n) is 3.70. The molecule has 0 aliphatic carbocycles. The van der Waals surface area contributed by atoms with Crippen LogP contribution >= 0.6 is 0 Å². The summed E-state index contributed by atoms with van der Waals surface area (Å²) in [6.45, 7) is 3.59. The zero-order chi connectivity index (χ0) is 17.1. The number of carboxylic acid groups (broad SMARTS) is 1. The van der Waals surface area contributed by atoms with Crippen molar-refractivity contribution in [3.63, 3.8) is 0 Å². The maximum Gasteiger partial charge on any atom is 0.230 e. The highest BCUT2D eigenvalue weighted by Crippen LogP contribution is 2.09. The predicted molar refractivity (Wildman–Crippen MR) is 86.2 cm³/mol. The summed E-state index contributed by atoms with van der Waals surface area (Å²) in [6, 6.07) is 6.54. The summed E-state index contributed by atoms with van der Waals surface area (Å²) >= 11 is 0. The van der Waals surface area contributed by atoms with Crippen molar-refractivity contribution in [1.82, 2.24) is 0 Å². The first-order valence-corrected chi connectivity index (χ1v) is 8.23. The summed E-state index contributed by atoms with van der Waals surface area (Å²) < 4.78 is 0. The van der Waals surface area contributed by atoms with Gasteiger partial charge in [0.2, 0.25) is 5.91 Å². The van der Waals surface area contributed by atoms with Crippen LogP contribution in [0.1, 0.15) is 37.7 Å². The van der Waals surface area contributed by atoms with Crippen LogP contribution in [0.3, 0.4) is 0 Å². The monoisotopic (exact) mass is 322 g/mol. The highest BCUT2D eigenvalue weighted by Gasteiger charge is 2.18. The number of carbonyl (C=O) groups excluding carboxylic acids is 2. The summed E-state index contributed by atoms with van der Waals surface area (Å²) in [7, 11) is 0. The number of amides is 1. The molecular weight excluding hydrogens is 294 g/mol. The lowest BCUT2D eigenvalue weighted by Gasteiger charge is -2.16. The zero-order valence-corrected chi connectivity index (χ0v) is 13.8. The molecule has 23 heavy (non-hydrogen) atoms. The second kappa shape index (κ2) is 10.7. The number of rotatable bonds is 11. The number of aryl methyl sites for hydroxylation is 1. The molecule has 1 rings (SSSR count). The van der Waals surface area contributed by atoms with Crippen molar-refractivity contribution in [2.45, 2.75) is 45.1 Å². The lowest BCUT2D eigenvalue weighted by Crippen LogP contribution is -2.93. The molecule has 0 saturated carbocycles. The smallest absolute Gasteiger partial charge is 0.230 e. The number of unbranched alkanes of at least 4 members (excludes halogenated alkanes) is 3. The Balaban J connectivity index is 2.35. The molecule has 0 fully saturated rings. The number of nitrogens with one attached hydrogen (secondary N) is 1. The van der Waals surface area contributed by atoms with Crippen molar-refractivity contribution in [2.24, 2.45) is 0 Å². The Hall–Kier alpha value is -1.92. The van der Waals surface area contributed by atoms with Gasteiger partial charge in [-0.15, -0.1) is 0 Å². The Bertz CT molecular complexity index is 488. The van der Waals surface area contributed by atoms with Gasteiger partial charge < -0.3 is 26.3 Å². The van der Waals surface area contributed by atoms with E-state index in [0.29, 0.717) is 12.2 Å². The summed E-state index contributed by atoms with van der Waals surface area (Å²) in [5.41, 5.74) is 5.56. The molecule has 0 unspecified atom stereocenters. The number of carbonyl (C=O) groups is 2. The molecule has 1 atom stereocenters. The van der Waals surface area contributed by atoms with E-state index in [1.165, 1.54) is 0 Å². The SMILES string of the molecule is Cc1ccc(NC(=O)C[C@H]([NH2+]CCCCCC[NH3+])C(=O)[O-])cc1. The first-order chi connectivity index (χ1) is 11.0. The van der Waals surface area contributed by atoms with Crippen LogP contribution in [0.5, 0.6) is 0 Å². The molecule has 1 amide bonds. The van der Waals surface area contributed by atoms with E-state index in [1.807, 2.05) is 19.1 Å². The van der Waals surface area contributed by atoms with E-state index in [0.717, 1.165) is 37.8 Å². The van der Waals surface area contributed by atoms with E-state index in [9.17, 15) is 14.7 Å². The first-order valence-electron chi connectivity index (χ1n) is 8.23. The molecule has 0 aromatic heterocycles. The molecule has 6 N–H and O–H groups in total. The average molecular weight is 322 g/mol. The third-order valence-corrected chi connectivity index (χ3v) is 3.70. The lowest BCUT2D eigenvalue weighted by molar-refractivity contribution is -0.682. The molecule has 0 heterocycles. The number of carboxylic acids is 1. The van der Waals surface area contributed by atoms with Crippen LogP contribution in [0.15, 0.2) is 24.3 Å². The molecule has 0 saturated heterocycles. The molecule has 6 nitrogen and oxygen atoms in total. The Morgan fingerprint density at radius 1 is 1.17 bits per heavy atom. The Morgan fingerprint density at radius 2 is 1.83 bits per heavy atom. The number of nitrogens with two attached hydrogens (primary N) is 1.